The van der Waals surface area contributed by atoms with Crippen molar-refractivity contribution in [3.05, 3.63) is 67.2 Å². The second kappa shape index (κ2) is 7.26. The minimum atomic E-state index is -0.543. The van der Waals surface area contributed by atoms with E-state index in [-0.39, 0.29) is 15.7 Å². The van der Waals surface area contributed by atoms with Crippen molar-refractivity contribution in [1.29, 1.82) is 5.26 Å². The zero-order chi connectivity index (χ0) is 18.0. The van der Waals surface area contributed by atoms with E-state index in [2.05, 4.69) is 12.1 Å². The molecule has 0 bridgehead atoms. The number of allylic oxidation sites excluding steroid dienone is 1. The van der Waals surface area contributed by atoms with Crippen molar-refractivity contribution in [1.82, 2.24) is 0 Å². The van der Waals surface area contributed by atoms with E-state index in [0.29, 0.717) is 16.7 Å². The van der Waals surface area contributed by atoms with Gasteiger partial charge in [0.1, 0.15) is 0 Å². The number of halogens is 2. The number of benzene rings is 2. The first kappa shape index (κ1) is 17.5. The molecular formula is C19H14Cl2N2O2. The Morgan fingerprint density at radius 1 is 1.12 bits per heavy atom. The Morgan fingerprint density at radius 2 is 1.76 bits per heavy atom. The van der Waals surface area contributed by atoms with Gasteiger partial charge in [-0.3, -0.25) is 10.1 Å². The highest BCUT2D eigenvalue weighted by Crippen LogP contribution is 2.39. The van der Waals surface area contributed by atoms with Gasteiger partial charge in [-0.15, -0.1) is 0 Å². The number of nitro groups is 1. The van der Waals surface area contributed by atoms with Crippen LogP contribution >= 0.6 is 23.2 Å². The van der Waals surface area contributed by atoms with Crippen LogP contribution in [0, 0.1) is 21.4 Å². The lowest BCUT2D eigenvalue weighted by Crippen LogP contribution is -1.91. The molecule has 1 saturated carbocycles. The van der Waals surface area contributed by atoms with Crippen LogP contribution in [0.15, 0.2) is 35.9 Å². The van der Waals surface area contributed by atoms with Crippen LogP contribution in [0.4, 0.5) is 5.69 Å². The van der Waals surface area contributed by atoms with E-state index in [0.717, 1.165) is 18.4 Å². The normalized spacial score (nSPS) is 13.6. The molecule has 0 aromatic heterocycles. The van der Waals surface area contributed by atoms with Crippen molar-refractivity contribution in [3.8, 4) is 17.2 Å². The molecule has 6 heteroatoms. The third kappa shape index (κ3) is 3.68. The van der Waals surface area contributed by atoms with Crippen molar-refractivity contribution in [2.75, 3.05) is 0 Å². The van der Waals surface area contributed by atoms with Gasteiger partial charge in [0.15, 0.2) is 0 Å². The number of nitro benzene ring substituents is 1. The second-order valence-corrected chi connectivity index (χ2v) is 6.78. The summed E-state index contributed by atoms with van der Waals surface area (Å²) in [7, 11) is 0. The van der Waals surface area contributed by atoms with Crippen LogP contribution in [0.5, 0.6) is 0 Å². The van der Waals surface area contributed by atoms with Gasteiger partial charge in [-0.2, -0.15) is 5.26 Å². The van der Waals surface area contributed by atoms with Gasteiger partial charge in [-0.25, -0.2) is 0 Å². The topological polar surface area (TPSA) is 66.9 Å². The zero-order valence-electron chi connectivity index (χ0n) is 13.3. The molecule has 0 spiro atoms. The summed E-state index contributed by atoms with van der Waals surface area (Å²) in [6.45, 7) is 0. The van der Waals surface area contributed by atoms with Crippen LogP contribution in [-0.4, -0.2) is 4.92 Å². The predicted molar refractivity (Wildman–Crippen MR) is 99.7 cm³/mol. The van der Waals surface area contributed by atoms with Gasteiger partial charge >= 0.3 is 0 Å². The number of nitrogens with zero attached hydrogens (tertiary/aromatic N) is 2. The van der Waals surface area contributed by atoms with Gasteiger partial charge in [-0.05, 0) is 42.9 Å². The maximum absolute atomic E-state index is 10.9. The average Bonchev–Trinajstić information content (AvgIpc) is 3.08. The van der Waals surface area contributed by atoms with Crippen molar-refractivity contribution >= 4 is 35.0 Å². The number of nitriles is 1. The number of rotatable bonds is 3. The Bertz CT molecular complexity index is 899. The van der Waals surface area contributed by atoms with Gasteiger partial charge in [0.25, 0.3) is 5.69 Å². The first-order chi connectivity index (χ1) is 12.0. The average molecular weight is 373 g/mol. The Labute approximate surface area is 155 Å². The smallest absolute Gasteiger partial charge is 0.258 e. The fourth-order valence-electron chi connectivity index (χ4n) is 3.07. The van der Waals surface area contributed by atoms with Gasteiger partial charge in [0.05, 0.1) is 26.6 Å². The first-order valence-corrected chi connectivity index (χ1v) is 8.62. The predicted octanol–water partition coefficient (Wildman–Crippen LogP) is 6.40. The summed E-state index contributed by atoms with van der Waals surface area (Å²) in [4.78, 5) is 10.4. The monoisotopic (exact) mass is 372 g/mol. The third-order valence-corrected chi connectivity index (χ3v) is 4.90. The Balaban J connectivity index is 2.06. The largest absolute Gasteiger partial charge is 0.272 e. The molecule has 0 radical (unpaired) electrons. The van der Waals surface area contributed by atoms with Crippen molar-refractivity contribution in [2.24, 2.45) is 0 Å². The SMILES string of the molecule is N#Cc1cc(-c2c(Cl)cc([N+](=O)[O-])cc2Cl)ccc1C=C1CCCC1. The molecule has 4 nitrogen and oxygen atoms in total. The minimum absolute atomic E-state index is 0.165. The van der Waals surface area contributed by atoms with E-state index in [4.69, 9.17) is 23.2 Å². The highest BCUT2D eigenvalue weighted by Gasteiger charge is 2.17. The minimum Gasteiger partial charge on any atom is -0.258 e. The summed E-state index contributed by atoms with van der Waals surface area (Å²) < 4.78 is 0. The van der Waals surface area contributed by atoms with Crippen molar-refractivity contribution in [2.45, 2.75) is 25.7 Å². The van der Waals surface area contributed by atoms with E-state index in [1.54, 1.807) is 6.07 Å². The lowest BCUT2D eigenvalue weighted by Gasteiger charge is -2.09. The molecule has 0 atom stereocenters. The van der Waals surface area contributed by atoms with E-state index in [1.165, 1.54) is 30.5 Å². The molecule has 0 N–H and O–H groups in total. The molecule has 0 saturated heterocycles. The van der Waals surface area contributed by atoms with Gasteiger partial charge in [-0.1, -0.05) is 47.0 Å². The molecule has 1 fully saturated rings. The summed E-state index contributed by atoms with van der Waals surface area (Å²) in [5.74, 6) is 0. The van der Waals surface area contributed by atoms with Gasteiger partial charge < -0.3 is 0 Å². The molecular weight excluding hydrogens is 359 g/mol. The van der Waals surface area contributed by atoms with Gasteiger partial charge in [0.2, 0.25) is 0 Å². The van der Waals surface area contributed by atoms with E-state index >= 15 is 0 Å². The van der Waals surface area contributed by atoms with Crippen LogP contribution in [0.3, 0.4) is 0 Å². The Hall–Kier alpha value is -2.35. The summed E-state index contributed by atoms with van der Waals surface area (Å²) in [5.41, 5.74) is 3.75. The summed E-state index contributed by atoms with van der Waals surface area (Å²) in [6.07, 6.45) is 6.62. The molecule has 2 aromatic rings. The van der Waals surface area contributed by atoms with Crippen LogP contribution < -0.4 is 0 Å². The van der Waals surface area contributed by atoms with E-state index in [1.807, 2.05) is 12.1 Å². The molecule has 1 aliphatic rings. The Morgan fingerprint density at radius 3 is 2.32 bits per heavy atom. The van der Waals surface area contributed by atoms with Crippen LogP contribution in [-0.2, 0) is 0 Å². The van der Waals surface area contributed by atoms with Crippen LogP contribution in [0.1, 0.15) is 36.8 Å². The van der Waals surface area contributed by atoms with Gasteiger partial charge in [0, 0.05) is 17.7 Å². The van der Waals surface area contributed by atoms with E-state index in [9.17, 15) is 15.4 Å². The summed E-state index contributed by atoms with van der Waals surface area (Å²) >= 11 is 12.4. The Kier molecular flexibility index (Phi) is 5.08. The lowest BCUT2D eigenvalue weighted by atomic mass is 9.97. The quantitative estimate of drug-likeness (QED) is 0.462. The highest BCUT2D eigenvalue weighted by molar-refractivity contribution is 6.39. The number of non-ortho nitro benzene ring substituents is 1. The molecule has 25 heavy (non-hydrogen) atoms. The second-order valence-electron chi connectivity index (χ2n) is 5.97. The number of hydrogen-bond donors (Lipinski definition) is 0. The molecule has 0 unspecified atom stereocenters. The molecule has 2 aromatic carbocycles. The van der Waals surface area contributed by atoms with Crippen LogP contribution in [0.2, 0.25) is 10.0 Å². The molecule has 3 rings (SSSR count). The van der Waals surface area contributed by atoms with Crippen LogP contribution in [0.25, 0.3) is 17.2 Å². The molecule has 126 valence electrons. The summed E-state index contributed by atoms with van der Waals surface area (Å²) in [5, 5.41) is 20.8. The van der Waals surface area contributed by atoms with E-state index < -0.39 is 4.92 Å². The molecule has 1 aliphatic carbocycles. The highest BCUT2D eigenvalue weighted by atomic mass is 35.5. The summed E-state index contributed by atoms with van der Waals surface area (Å²) in [6, 6.07) is 10.2. The fraction of sp³-hybridized carbons (Fsp3) is 0.211. The zero-order valence-corrected chi connectivity index (χ0v) is 14.8. The molecule has 0 amide bonds. The van der Waals surface area contributed by atoms with Crippen molar-refractivity contribution < 1.29 is 4.92 Å². The standard InChI is InChI=1S/C19H14Cl2N2O2/c20-17-9-16(23(24)25)10-18(21)19(17)14-6-5-13(15(8-14)11-22)7-12-3-1-2-4-12/h5-10H,1-4H2. The molecule has 0 heterocycles. The lowest BCUT2D eigenvalue weighted by molar-refractivity contribution is -0.384. The maximum Gasteiger partial charge on any atom is 0.272 e. The maximum atomic E-state index is 10.9. The number of hydrogen-bond acceptors (Lipinski definition) is 3. The first-order valence-electron chi connectivity index (χ1n) is 7.87. The fourth-order valence-corrected chi connectivity index (χ4v) is 3.76. The van der Waals surface area contributed by atoms with Crippen molar-refractivity contribution in [3.63, 3.8) is 0 Å². The third-order valence-electron chi connectivity index (χ3n) is 4.31. The molecule has 0 aliphatic heterocycles.